The van der Waals surface area contributed by atoms with Crippen molar-refractivity contribution in [1.82, 2.24) is 4.57 Å². The Morgan fingerprint density at radius 1 is 1.29 bits per heavy atom. The van der Waals surface area contributed by atoms with Gasteiger partial charge in [-0.3, -0.25) is 0 Å². The van der Waals surface area contributed by atoms with Crippen molar-refractivity contribution in [1.29, 1.82) is 0 Å². The molecule has 0 spiro atoms. The second-order valence-corrected chi connectivity index (χ2v) is 4.41. The molecule has 0 bridgehead atoms. The number of rotatable bonds is 4. The van der Waals surface area contributed by atoms with Crippen LogP contribution in [0.1, 0.15) is 24.5 Å². The van der Waals surface area contributed by atoms with E-state index in [1.54, 1.807) is 0 Å². The fraction of sp³-hybridized carbons (Fsp3) is 0.429. The number of nitrogens with zero attached hydrogens (tertiary/aromatic N) is 1. The molecule has 0 saturated carbocycles. The number of halogens is 1. The van der Waals surface area contributed by atoms with Crippen LogP contribution in [-0.4, -0.2) is 11.1 Å². The maximum absolute atomic E-state index is 5.66. The molecule has 2 aromatic rings. The van der Waals surface area contributed by atoms with E-state index < -0.39 is 0 Å². The molecule has 0 saturated heterocycles. The van der Waals surface area contributed by atoms with E-state index in [0.717, 1.165) is 19.5 Å². The molecule has 2 rings (SSSR count). The minimum absolute atomic E-state index is 0. The molecule has 0 unspecified atom stereocenters. The molecule has 0 aliphatic heterocycles. The molecular weight excluding hydrogens is 232 g/mol. The van der Waals surface area contributed by atoms with Crippen molar-refractivity contribution in [2.24, 2.45) is 5.73 Å². The Morgan fingerprint density at radius 3 is 2.71 bits per heavy atom. The Kier molecular flexibility index (Phi) is 5.03. The summed E-state index contributed by atoms with van der Waals surface area (Å²) in [5, 5.41) is 1.37. The Bertz CT molecular complexity index is 488. The Balaban J connectivity index is 0.00000144. The van der Waals surface area contributed by atoms with Gasteiger partial charge in [-0.2, -0.15) is 0 Å². The van der Waals surface area contributed by atoms with Gasteiger partial charge in [-0.1, -0.05) is 18.6 Å². The smallest absolute Gasteiger partial charge is 0.0483 e. The van der Waals surface area contributed by atoms with E-state index in [9.17, 15) is 0 Å². The van der Waals surface area contributed by atoms with Crippen LogP contribution < -0.4 is 5.73 Å². The first-order chi connectivity index (χ1) is 7.76. The minimum Gasteiger partial charge on any atom is -0.347 e. The van der Waals surface area contributed by atoms with Crippen LogP contribution in [0.3, 0.4) is 0 Å². The third-order valence-corrected chi connectivity index (χ3v) is 3.00. The highest BCUT2D eigenvalue weighted by Gasteiger charge is 2.07. The molecule has 2 nitrogen and oxygen atoms in total. The fourth-order valence-electron chi connectivity index (χ4n) is 2.27. The third-order valence-electron chi connectivity index (χ3n) is 3.00. The van der Waals surface area contributed by atoms with Crippen LogP contribution in [0.15, 0.2) is 24.4 Å². The van der Waals surface area contributed by atoms with Gasteiger partial charge in [-0.25, -0.2) is 0 Å². The molecular formula is C14H21ClN2. The molecule has 0 aliphatic carbocycles. The van der Waals surface area contributed by atoms with Crippen LogP contribution in [0, 0.1) is 6.92 Å². The van der Waals surface area contributed by atoms with Gasteiger partial charge >= 0.3 is 0 Å². The van der Waals surface area contributed by atoms with Gasteiger partial charge in [0.05, 0.1) is 0 Å². The van der Waals surface area contributed by atoms with Gasteiger partial charge in [0.1, 0.15) is 0 Å². The maximum atomic E-state index is 5.66. The summed E-state index contributed by atoms with van der Waals surface area (Å²) in [5.74, 6) is 0. The molecule has 0 amide bonds. The van der Waals surface area contributed by atoms with Gasteiger partial charge in [-0.05, 0) is 44.0 Å². The van der Waals surface area contributed by atoms with Crippen LogP contribution >= 0.6 is 12.4 Å². The lowest BCUT2D eigenvalue weighted by molar-refractivity contribution is 0.700. The highest BCUT2D eigenvalue weighted by atomic mass is 35.5. The predicted octanol–water partition coefficient (Wildman–Crippen LogP) is 3.28. The zero-order chi connectivity index (χ0) is 11.5. The lowest BCUT2D eigenvalue weighted by atomic mass is 10.1. The zero-order valence-electron chi connectivity index (χ0n) is 10.6. The number of aromatic nitrogens is 1. The molecule has 1 aromatic heterocycles. The summed E-state index contributed by atoms with van der Waals surface area (Å²) in [5.41, 5.74) is 9.71. The van der Waals surface area contributed by atoms with E-state index in [0.29, 0.717) is 0 Å². The van der Waals surface area contributed by atoms with Crippen molar-refractivity contribution in [3.63, 3.8) is 0 Å². The van der Waals surface area contributed by atoms with Gasteiger partial charge in [0.25, 0.3) is 0 Å². The topological polar surface area (TPSA) is 30.9 Å². The van der Waals surface area contributed by atoms with Crippen LogP contribution in [0.5, 0.6) is 0 Å². The molecule has 1 heterocycles. The average Bonchev–Trinajstić information content (AvgIpc) is 2.58. The summed E-state index contributed by atoms with van der Waals surface area (Å²) in [6.45, 7) is 6.16. The Labute approximate surface area is 109 Å². The lowest BCUT2D eigenvalue weighted by Crippen LogP contribution is -2.02. The van der Waals surface area contributed by atoms with Gasteiger partial charge in [-0.15, -0.1) is 12.4 Å². The monoisotopic (exact) mass is 252 g/mol. The zero-order valence-corrected chi connectivity index (χ0v) is 11.4. The largest absolute Gasteiger partial charge is 0.347 e. The second-order valence-electron chi connectivity index (χ2n) is 4.41. The molecule has 3 heteroatoms. The molecule has 94 valence electrons. The number of benzene rings is 1. The summed E-state index contributed by atoms with van der Waals surface area (Å²) in [7, 11) is 0. The van der Waals surface area contributed by atoms with Crippen molar-refractivity contribution < 1.29 is 0 Å². The lowest BCUT2D eigenvalue weighted by Gasteiger charge is -2.02. The first-order valence-corrected chi connectivity index (χ1v) is 6.04. The molecule has 0 fully saturated rings. The summed E-state index contributed by atoms with van der Waals surface area (Å²) in [4.78, 5) is 0. The molecule has 1 aromatic carbocycles. The summed E-state index contributed by atoms with van der Waals surface area (Å²) < 4.78 is 2.35. The number of nitrogens with two attached hydrogens (primary N) is 1. The van der Waals surface area contributed by atoms with Crippen molar-refractivity contribution in [2.75, 3.05) is 6.54 Å². The first kappa shape index (κ1) is 14.1. The minimum atomic E-state index is 0. The van der Waals surface area contributed by atoms with Crippen molar-refractivity contribution in [3.05, 3.63) is 35.5 Å². The van der Waals surface area contributed by atoms with Gasteiger partial charge in [0, 0.05) is 23.6 Å². The molecule has 0 atom stereocenters. The maximum Gasteiger partial charge on any atom is 0.0483 e. The van der Waals surface area contributed by atoms with Crippen LogP contribution in [0.4, 0.5) is 0 Å². The predicted molar refractivity (Wildman–Crippen MR) is 77.0 cm³/mol. The van der Waals surface area contributed by atoms with E-state index >= 15 is 0 Å². The normalized spacial score (nSPS) is 10.5. The first-order valence-electron chi connectivity index (χ1n) is 6.04. The van der Waals surface area contributed by atoms with Gasteiger partial charge in [0.15, 0.2) is 0 Å². The highest BCUT2D eigenvalue weighted by molar-refractivity contribution is 5.85. The van der Waals surface area contributed by atoms with Crippen molar-refractivity contribution in [3.8, 4) is 0 Å². The van der Waals surface area contributed by atoms with Gasteiger partial charge in [0.2, 0.25) is 0 Å². The molecule has 0 radical (unpaired) electrons. The van der Waals surface area contributed by atoms with Crippen LogP contribution in [-0.2, 0) is 13.0 Å². The SMILES string of the molecule is CCCn1cc(CCN)c2cc(C)ccc21.Cl. The Hall–Kier alpha value is -0.990. The number of hydrogen-bond donors (Lipinski definition) is 1. The van der Waals surface area contributed by atoms with Gasteiger partial charge < -0.3 is 10.3 Å². The standard InChI is InChI=1S/C14H20N2.ClH/c1-3-8-16-10-12(6-7-15)13-9-11(2)4-5-14(13)16;/h4-5,9-10H,3,6-8,15H2,1-2H3;1H. The molecule has 0 aliphatic rings. The number of hydrogen-bond acceptors (Lipinski definition) is 1. The van der Waals surface area contributed by atoms with Crippen LogP contribution in [0.25, 0.3) is 10.9 Å². The summed E-state index contributed by atoms with van der Waals surface area (Å²) in [6.07, 6.45) is 4.40. The van der Waals surface area contributed by atoms with Crippen LogP contribution in [0.2, 0.25) is 0 Å². The van der Waals surface area contributed by atoms with E-state index in [-0.39, 0.29) is 12.4 Å². The Morgan fingerprint density at radius 2 is 2.06 bits per heavy atom. The third kappa shape index (κ3) is 2.82. The number of fused-ring (bicyclic) bond motifs is 1. The summed E-state index contributed by atoms with van der Waals surface area (Å²) in [6, 6.07) is 6.67. The number of aryl methyl sites for hydroxylation is 2. The highest BCUT2D eigenvalue weighted by Crippen LogP contribution is 2.23. The average molecular weight is 253 g/mol. The van der Waals surface area contributed by atoms with Crippen molar-refractivity contribution >= 4 is 23.3 Å². The van der Waals surface area contributed by atoms with E-state index in [4.69, 9.17) is 5.73 Å². The van der Waals surface area contributed by atoms with E-state index in [1.165, 1.54) is 28.5 Å². The fourth-order valence-corrected chi connectivity index (χ4v) is 2.27. The van der Waals surface area contributed by atoms with E-state index in [1.807, 2.05) is 0 Å². The molecule has 2 N–H and O–H groups in total. The van der Waals surface area contributed by atoms with E-state index in [2.05, 4.69) is 42.8 Å². The van der Waals surface area contributed by atoms with Crippen molar-refractivity contribution in [2.45, 2.75) is 33.2 Å². The summed E-state index contributed by atoms with van der Waals surface area (Å²) >= 11 is 0. The quantitative estimate of drug-likeness (QED) is 0.890. The second kappa shape index (κ2) is 6.08. The molecule has 17 heavy (non-hydrogen) atoms.